The Morgan fingerprint density at radius 1 is 1.41 bits per heavy atom. The molecule has 17 heavy (non-hydrogen) atoms. The van der Waals surface area contributed by atoms with Crippen LogP contribution in [0, 0.1) is 13.8 Å². The van der Waals surface area contributed by atoms with Gasteiger partial charge in [0.2, 0.25) is 5.95 Å². The van der Waals surface area contributed by atoms with Crippen molar-refractivity contribution in [1.82, 2.24) is 19.7 Å². The molecular formula is C11H14N4O2. The molecule has 2 heterocycles. The summed E-state index contributed by atoms with van der Waals surface area (Å²) < 4.78 is 6.57. The van der Waals surface area contributed by atoms with Gasteiger partial charge in [-0.2, -0.15) is 5.10 Å². The van der Waals surface area contributed by atoms with Crippen LogP contribution in [0.4, 0.5) is 0 Å². The summed E-state index contributed by atoms with van der Waals surface area (Å²) >= 11 is 0. The van der Waals surface area contributed by atoms with Crippen molar-refractivity contribution in [1.29, 1.82) is 0 Å². The maximum Gasteiger partial charge on any atom is 0.252 e. The summed E-state index contributed by atoms with van der Waals surface area (Å²) in [5, 5.41) is 4.27. The van der Waals surface area contributed by atoms with Crippen molar-refractivity contribution in [3.05, 3.63) is 39.6 Å². The molecule has 0 saturated heterocycles. The molecule has 6 nitrogen and oxygen atoms in total. The molecule has 0 unspecified atom stereocenters. The second-order valence-corrected chi connectivity index (χ2v) is 3.83. The van der Waals surface area contributed by atoms with Gasteiger partial charge >= 0.3 is 0 Å². The number of aryl methyl sites for hydroxylation is 2. The van der Waals surface area contributed by atoms with E-state index in [2.05, 4.69) is 15.1 Å². The first kappa shape index (κ1) is 11.5. The normalized spacial score (nSPS) is 10.8. The molecule has 0 spiro atoms. The lowest BCUT2D eigenvalue weighted by Gasteiger charge is -2.05. The van der Waals surface area contributed by atoms with E-state index in [0.717, 1.165) is 11.4 Å². The fourth-order valence-corrected chi connectivity index (χ4v) is 1.66. The minimum Gasteiger partial charge on any atom is -0.378 e. The molecule has 0 aliphatic heterocycles. The molecule has 2 aromatic heterocycles. The predicted molar refractivity (Wildman–Crippen MR) is 62.2 cm³/mol. The zero-order chi connectivity index (χ0) is 12.4. The van der Waals surface area contributed by atoms with Crippen LogP contribution in [0.1, 0.15) is 17.1 Å². The Labute approximate surface area is 98.3 Å². The summed E-state index contributed by atoms with van der Waals surface area (Å²) in [6.07, 6.45) is 0. The van der Waals surface area contributed by atoms with E-state index in [4.69, 9.17) is 4.74 Å². The monoisotopic (exact) mass is 234 g/mol. The van der Waals surface area contributed by atoms with Gasteiger partial charge in [0.1, 0.15) is 0 Å². The molecule has 0 aliphatic carbocycles. The quantitative estimate of drug-likeness (QED) is 0.849. The van der Waals surface area contributed by atoms with Crippen molar-refractivity contribution >= 4 is 0 Å². The molecule has 90 valence electrons. The average molecular weight is 234 g/mol. The lowest BCUT2D eigenvalue weighted by molar-refractivity contribution is 0.181. The van der Waals surface area contributed by atoms with Crippen molar-refractivity contribution in [2.75, 3.05) is 7.11 Å². The number of ether oxygens (including phenoxy) is 1. The number of nitrogens with zero attached hydrogens (tertiary/aromatic N) is 3. The molecule has 2 aromatic rings. The summed E-state index contributed by atoms with van der Waals surface area (Å²) in [7, 11) is 1.56. The number of H-pyrrole nitrogens is 1. The molecule has 0 radical (unpaired) electrons. The molecule has 0 amide bonds. The van der Waals surface area contributed by atoms with Crippen LogP contribution in [0.25, 0.3) is 5.95 Å². The highest BCUT2D eigenvalue weighted by atomic mass is 16.5. The highest BCUT2D eigenvalue weighted by Gasteiger charge is 2.07. The van der Waals surface area contributed by atoms with Crippen molar-refractivity contribution in [3.8, 4) is 5.95 Å². The number of rotatable bonds is 3. The molecule has 0 bridgehead atoms. The average Bonchev–Trinajstić information content (AvgIpc) is 2.57. The minimum absolute atomic E-state index is 0.213. The van der Waals surface area contributed by atoms with Crippen LogP contribution in [0.5, 0.6) is 0 Å². The third-order valence-electron chi connectivity index (χ3n) is 2.28. The van der Waals surface area contributed by atoms with Crippen LogP contribution < -0.4 is 5.56 Å². The Balaban J connectivity index is 2.51. The van der Waals surface area contributed by atoms with Gasteiger partial charge in [0.05, 0.1) is 18.0 Å². The van der Waals surface area contributed by atoms with Crippen molar-refractivity contribution in [2.24, 2.45) is 0 Å². The summed E-state index contributed by atoms with van der Waals surface area (Å²) in [5.41, 5.74) is 2.16. The van der Waals surface area contributed by atoms with E-state index in [0.29, 0.717) is 18.2 Å². The van der Waals surface area contributed by atoms with Crippen LogP contribution in [0.15, 0.2) is 16.9 Å². The molecule has 1 N–H and O–H groups in total. The SMILES string of the molecule is COCc1cc(=O)[nH]c(-n2nc(C)cc2C)n1. The van der Waals surface area contributed by atoms with Gasteiger partial charge in [0.25, 0.3) is 5.56 Å². The summed E-state index contributed by atoms with van der Waals surface area (Å²) in [4.78, 5) is 18.4. The highest BCUT2D eigenvalue weighted by Crippen LogP contribution is 2.06. The Morgan fingerprint density at radius 3 is 2.76 bits per heavy atom. The van der Waals surface area contributed by atoms with Crippen molar-refractivity contribution in [3.63, 3.8) is 0 Å². The Hall–Kier alpha value is -1.95. The molecular weight excluding hydrogens is 220 g/mol. The van der Waals surface area contributed by atoms with E-state index in [1.165, 1.54) is 6.07 Å². The first-order valence-corrected chi connectivity index (χ1v) is 5.23. The van der Waals surface area contributed by atoms with Crippen LogP contribution in [-0.2, 0) is 11.3 Å². The summed E-state index contributed by atoms with van der Waals surface area (Å²) in [5.74, 6) is 0.412. The van der Waals surface area contributed by atoms with Gasteiger partial charge in [-0.25, -0.2) is 9.67 Å². The maximum atomic E-state index is 11.5. The minimum atomic E-state index is -0.213. The molecule has 6 heteroatoms. The van der Waals surface area contributed by atoms with E-state index in [1.54, 1.807) is 11.8 Å². The summed E-state index contributed by atoms with van der Waals surface area (Å²) in [6.45, 7) is 4.10. The fourth-order valence-electron chi connectivity index (χ4n) is 1.66. The van der Waals surface area contributed by atoms with E-state index in [-0.39, 0.29) is 5.56 Å². The van der Waals surface area contributed by atoms with Gasteiger partial charge in [-0.3, -0.25) is 9.78 Å². The second kappa shape index (κ2) is 4.50. The van der Waals surface area contributed by atoms with Gasteiger partial charge in [-0.1, -0.05) is 0 Å². The molecule has 0 aliphatic rings. The van der Waals surface area contributed by atoms with Crippen molar-refractivity contribution in [2.45, 2.75) is 20.5 Å². The Morgan fingerprint density at radius 2 is 2.18 bits per heavy atom. The Kier molecular flexibility index (Phi) is 3.06. The van der Waals surface area contributed by atoms with Crippen LogP contribution in [0.3, 0.4) is 0 Å². The van der Waals surface area contributed by atoms with Gasteiger partial charge in [-0.05, 0) is 19.9 Å². The lowest BCUT2D eigenvalue weighted by Crippen LogP contribution is -2.16. The highest BCUT2D eigenvalue weighted by molar-refractivity contribution is 5.19. The molecule has 0 atom stereocenters. The van der Waals surface area contributed by atoms with E-state index in [9.17, 15) is 4.79 Å². The smallest absolute Gasteiger partial charge is 0.252 e. The van der Waals surface area contributed by atoms with E-state index in [1.807, 2.05) is 19.9 Å². The van der Waals surface area contributed by atoms with Gasteiger partial charge < -0.3 is 4.74 Å². The van der Waals surface area contributed by atoms with Crippen LogP contribution >= 0.6 is 0 Å². The summed E-state index contributed by atoms with van der Waals surface area (Å²) in [6, 6.07) is 3.34. The third-order valence-corrected chi connectivity index (χ3v) is 2.28. The van der Waals surface area contributed by atoms with Gasteiger partial charge in [0.15, 0.2) is 0 Å². The molecule has 0 saturated carbocycles. The number of aromatic nitrogens is 4. The fraction of sp³-hybridized carbons (Fsp3) is 0.364. The topological polar surface area (TPSA) is 72.8 Å². The van der Waals surface area contributed by atoms with E-state index < -0.39 is 0 Å². The standard InChI is InChI=1S/C11H14N4O2/c1-7-4-8(2)15(14-7)11-12-9(6-17-3)5-10(16)13-11/h4-5H,6H2,1-3H3,(H,12,13,16). The number of methoxy groups -OCH3 is 1. The van der Waals surface area contributed by atoms with Gasteiger partial charge in [0, 0.05) is 18.9 Å². The zero-order valence-electron chi connectivity index (χ0n) is 10.0. The van der Waals surface area contributed by atoms with E-state index >= 15 is 0 Å². The molecule has 0 aromatic carbocycles. The largest absolute Gasteiger partial charge is 0.378 e. The number of hydrogen-bond donors (Lipinski definition) is 1. The number of nitrogens with one attached hydrogen (secondary N) is 1. The van der Waals surface area contributed by atoms with Crippen LogP contribution in [0.2, 0.25) is 0 Å². The van der Waals surface area contributed by atoms with Crippen LogP contribution in [-0.4, -0.2) is 26.9 Å². The Bertz CT molecular complexity index is 585. The zero-order valence-corrected chi connectivity index (χ0v) is 10.0. The maximum absolute atomic E-state index is 11.5. The second-order valence-electron chi connectivity index (χ2n) is 3.83. The van der Waals surface area contributed by atoms with Crippen molar-refractivity contribution < 1.29 is 4.74 Å². The predicted octanol–water partition coefficient (Wildman–Crippen LogP) is 0.719. The molecule has 2 rings (SSSR count). The lowest BCUT2D eigenvalue weighted by atomic mass is 10.4. The first-order chi connectivity index (χ1) is 8.10. The number of aromatic amines is 1. The molecule has 0 fully saturated rings. The third kappa shape index (κ3) is 2.42. The number of hydrogen-bond acceptors (Lipinski definition) is 4. The first-order valence-electron chi connectivity index (χ1n) is 5.23. The van der Waals surface area contributed by atoms with Gasteiger partial charge in [-0.15, -0.1) is 0 Å².